The third-order valence-electron chi connectivity index (χ3n) is 3.03. The number of aliphatic hydroxyl groups is 1. The maximum absolute atomic E-state index is 8.78. The van der Waals surface area contributed by atoms with E-state index < -0.39 is 0 Å². The lowest BCUT2D eigenvalue weighted by atomic mass is 10.2. The van der Waals surface area contributed by atoms with Gasteiger partial charge in [-0.3, -0.25) is 0 Å². The van der Waals surface area contributed by atoms with E-state index in [0.29, 0.717) is 5.95 Å². The van der Waals surface area contributed by atoms with Crippen LogP contribution in [0.5, 0.6) is 0 Å². The Morgan fingerprint density at radius 2 is 2.11 bits per heavy atom. The molecule has 0 saturated heterocycles. The topological polar surface area (TPSA) is 75.3 Å². The third kappa shape index (κ3) is 3.33. The van der Waals surface area contributed by atoms with Gasteiger partial charge in [-0.1, -0.05) is 0 Å². The molecule has 0 atom stereocenters. The zero-order chi connectivity index (χ0) is 13.8. The number of nitrogens with two attached hydrogens (primary N) is 1. The molecule has 3 N–H and O–H groups in total. The average Bonchev–Trinajstić information content (AvgIpc) is 2.73. The minimum absolute atomic E-state index is 0.262. The first kappa shape index (κ1) is 14.0. The molecular weight excluding hydrogens is 260 g/mol. The van der Waals surface area contributed by atoms with Crippen molar-refractivity contribution in [3.63, 3.8) is 0 Å². The van der Waals surface area contributed by atoms with Crippen molar-refractivity contribution in [3.05, 3.63) is 10.9 Å². The maximum atomic E-state index is 8.78. The van der Waals surface area contributed by atoms with Crippen LogP contribution in [-0.4, -0.2) is 35.3 Å². The molecule has 2 aromatic rings. The Kier molecular flexibility index (Phi) is 4.55. The van der Waals surface area contributed by atoms with Gasteiger partial charge >= 0.3 is 0 Å². The summed E-state index contributed by atoms with van der Waals surface area (Å²) in [6, 6.07) is 2.11. The lowest BCUT2D eigenvalue weighted by Gasteiger charge is -2.19. The highest BCUT2D eigenvalue weighted by Gasteiger charge is 2.12. The van der Waals surface area contributed by atoms with Gasteiger partial charge in [-0.2, -0.15) is 4.98 Å². The molecule has 104 valence electrons. The first-order valence-electron chi connectivity index (χ1n) is 6.47. The van der Waals surface area contributed by atoms with Gasteiger partial charge in [0.05, 0.1) is 5.39 Å². The molecule has 6 heteroatoms. The summed E-state index contributed by atoms with van der Waals surface area (Å²) in [6.07, 6.45) is 2.91. The van der Waals surface area contributed by atoms with Gasteiger partial charge in [-0.05, 0) is 32.3 Å². The average molecular weight is 280 g/mol. The quantitative estimate of drug-likeness (QED) is 0.793. The van der Waals surface area contributed by atoms with E-state index in [2.05, 4.69) is 27.9 Å². The first-order chi connectivity index (χ1) is 9.11. The van der Waals surface area contributed by atoms with E-state index >= 15 is 0 Å². The number of rotatable bonds is 6. The standard InChI is InChI=1S/C13H20N4OS/c1-9-8-10-11(15-13(14)16-12(10)19-9)17(2)6-4-3-5-7-18/h8,18H,3-7H2,1-2H3,(H2,14,15,16). The van der Waals surface area contributed by atoms with Gasteiger partial charge in [-0.15, -0.1) is 11.3 Å². The molecule has 0 fully saturated rings. The van der Waals surface area contributed by atoms with Crippen LogP contribution in [0.15, 0.2) is 6.07 Å². The van der Waals surface area contributed by atoms with Crippen molar-refractivity contribution in [3.8, 4) is 0 Å². The number of aromatic nitrogens is 2. The predicted octanol–water partition coefficient (Wildman–Crippen LogP) is 2.18. The summed E-state index contributed by atoms with van der Waals surface area (Å²) in [5.74, 6) is 1.22. The van der Waals surface area contributed by atoms with E-state index in [1.807, 2.05) is 7.05 Å². The molecular formula is C13H20N4OS. The summed E-state index contributed by atoms with van der Waals surface area (Å²) in [5, 5.41) is 9.85. The smallest absolute Gasteiger partial charge is 0.223 e. The van der Waals surface area contributed by atoms with Crippen molar-refractivity contribution >= 4 is 33.3 Å². The lowest BCUT2D eigenvalue weighted by Crippen LogP contribution is -2.20. The van der Waals surface area contributed by atoms with Gasteiger partial charge in [0.15, 0.2) is 0 Å². The highest BCUT2D eigenvalue weighted by molar-refractivity contribution is 7.18. The number of hydrogen-bond donors (Lipinski definition) is 2. The number of thiophene rings is 1. The number of hydrogen-bond acceptors (Lipinski definition) is 6. The third-order valence-corrected chi connectivity index (χ3v) is 3.97. The van der Waals surface area contributed by atoms with Gasteiger partial charge in [0.1, 0.15) is 10.6 Å². The van der Waals surface area contributed by atoms with Crippen LogP contribution in [-0.2, 0) is 0 Å². The van der Waals surface area contributed by atoms with Gasteiger partial charge in [-0.25, -0.2) is 4.98 Å². The second-order valence-corrected chi connectivity index (χ2v) is 5.92. The zero-order valence-corrected chi connectivity index (χ0v) is 12.2. The van der Waals surface area contributed by atoms with E-state index in [0.717, 1.165) is 41.8 Å². The number of aryl methyl sites for hydroxylation is 1. The van der Waals surface area contributed by atoms with Crippen LogP contribution in [0.1, 0.15) is 24.1 Å². The molecule has 0 saturated carbocycles. The molecule has 0 unspecified atom stereocenters. The molecule has 0 aromatic carbocycles. The number of nitrogens with zero attached hydrogens (tertiary/aromatic N) is 3. The summed E-state index contributed by atoms with van der Waals surface area (Å²) in [5.41, 5.74) is 5.77. The Labute approximate surface area is 117 Å². The number of aliphatic hydroxyl groups excluding tert-OH is 1. The van der Waals surface area contributed by atoms with Gasteiger partial charge in [0.2, 0.25) is 5.95 Å². The molecule has 2 rings (SSSR count). The van der Waals surface area contributed by atoms with E-state index in [4.69, 9.17) is 10.8 Å². The molecule has 0 aliphatic carbocycles. The molecule has 5 nitrogen and oxygen atoms in total. The fraction of sp³-hybridized carbons (Fsp3) is 0.538. The Balaban J connectivity index is 2.18. The van der Waals surface area contributed by atoms with Crippen molar-refractivity contribution in [2.75, 3.05) is 30.8 Å². The van der Waals surface area contributed by atoms with Crippen LogP contribution < -0.4 is 10.6 Å². The van der Waals surface area contributed by atoms with E-state index in [-0.39, 0.29) is 6.61 Å². The highest BCUT2D eigenvalue weighted by atomic mass is 32.1. The summed E-state index contributed by atoms with van der Waals surface area (Å²) >= 11 is 1.64. The van der Waals surface area contributed by atoms with Crippen molar-refractivity contribution < 1.29 is 5.11 Å². The molecule has 0 radical (unpaired) electrons. The summed E-state index contributed by atoms with van der Waals surface area (Å²) in [4.78, 5) is 12.9. The Morgan fingerprint density at radius 1 is 1.32 bits per heavy atom. The fourth-order valence-electron chi connectivity index (χ4n) is 2.08. The van der Waals surface area contributed by atoms with Crippen LogP contribution in [0.4, 0.5) is 11.8 Å². The first-order valence-corrected chi connectivity index (χ1v) is 7.29. The highest BCUT2D eigenvalue weighted by Crippen LogP contribution is 2.30. The number of anilines is 2. The monoisotopic (exact) mass is 280 g/mol. The molecule has 0 bridgehead atoms. The molecule has 0 aliphatic rings. The van der Waals surface area contributed by atoms with Crippen molar-refractivity contribution in [2.24, 2.45) is 0 Å². The fourth-order valence-corrected chi connectivity index (χ4v) is 2.96. The number of nitrogen functional groups attached to an aromatic ring is 1. The molecule has 0 spiro atoms. The predicted molar refractivity (Wildman–Crippen MR) is 80.8 cm³/mol. The van der Waals surface area contributed by atoms with Crippen LogP contribution >= 0.6 is 11.3 Å². The van der Waals surface area contributed by atoms with Gasteiger partial charge in [0.25, 0.3) is 0 Å². The van der Waals surface area contributed by atoms with Gasteiger partial charge < -0.3 is 15.7 Å². The Hall–Kier alpha value is -1.40. The van der Waals surface area contributed by atoms with E-state index in [1.165, 1.54) is 4.88 Å². The van der Waals surface area contributed by atoms with Crippen molar-refractivity contribution in [2.45, 2.75) is 26.2 Å². The zero-order valence-electron chi connectivity index (χ0n) is 11.4. The molecule has 2 aromatic heterocycles. The van der Waals surface area contributed by atoms with Crippen LogP contribution in [0, 0.1) is 6.92 Å². The SMILES string of the molecule is Cc1cc2c(N(C)CCCCCO)nc(N)nc2s1. The van der Waals surface area contributed by atoms with Crippen LogP contribution in [0.3, 0.4) is 0 Å². The summed E-state index contributed by atoms with van der Waals surface area (Å²) in [6.45, 7) is 3.23. The van der Waals surface area contributed by atoms with E-state index in [1.54, 1.807) is 11.3 Å². The normalized spacial score (nSPS) is 11.1. The largest absolute Gasteiger partial charge is 0.396 e. The molecule has 0 amide bonds. The van der Waals surface area contributed by atoms with Crippen LogP contribution in [0.2, 0.25) is 0 Å². The lowest BCUT2D eigenvalue weighted by molar-refractivity contribution is 0.283. The van der Waals surface area contributed by atoms with Crippen molar-refractivity contribution in [1.29, 1.82) is 0 Å². The van der Waals surface area contributed by atoms with Crippen molar-refractivity contribution in [1.82, 2.24) is 9.97 Å². The molecule has 2 heterocycles. The Bertz CT molecular complexity index is 555. The maximum Gasteiger partial charge on any atom is 0.223 e. The number of unbranched alkanes of at least 4 members (excludes halogenated alkanes) is 2. The minimum Gasteiger partial charge on any atom is -0.396 e. The Morgan fingerprint density at radius 3 is 2.84 bits per heavy atom. The molecule has 0 aliphatic heterocycles. The van der Waals surface area contributed by atoms with Crippen LogP contribution in [0.25, 0.3) is 10.2 Å². The summed E-state index contributed by atoms with van der Waals surface area (Å²) < 4.78 is 0. The van der Waals surface area contributed by atoms with Gasteiger partial charge in [0, 0.05) is 25.1 Å². The second-order valence-electron chi connectivity index (χ2n) is 4.69. The minimum atomic E-state index is 0.262. The molecule has 19 heavy (non-hydrogen) atoms. The summed E-state index contributed by atoms with van der Waals surface area (Å²) in [7, 11) is 2.02. The second kappa shape index (κ2) is 6.16. The number of fused-ring (bicyclic) bond motifs is 1. The van der Waals surface area contributed by atoms with E-state index in [9.17, 15) is 0 Å².